The second kappa shape index (κ2) is 3.58. The Kier molecular flexibility index (Phi) is 2.27. The summed E-state index contributed by atoms with van der Waals surface area (Å²) in [4.78, 5) is 0. The van der Waals surface area contributed by atoms with Crippen molar-refractivity contribution in [1.29, 1.82) is 0 Å². The van der Waals surface area contributed by atoms with Crippen LogP contribution in [-0.4, -0.2) is 0 Å². The summed E-state index contributed by atoms with van der Waals surface area (Å²) < 4.78 is 24.2. The van der Waals surface area contributed by atoms with Crippen molar-refractivity contribution in [3.8, 4) is 0 Å². The minimum atomic E-state index is -1.70. The number of hydrogen-bond donors (Lipinski definition) is 0. The standard InChI is InChI=1S/C12H7F2/c13-12(14)8-10-6-3-5-9-4-1-2-7-11(9)10/h1-5,7-8H. The van der Waals surface area contributed by atoms with E-state index >= 15 is 0 Å². The minimum Gasteiger partial charge on any atom is -0.173 e. The Hall–Kier alpha value is -1.70. The van der Waals surface area contributed by atoms with E-state index in [0.717, 1.165) is 16.8 Å². The second-order valence-corrected chi connectivity index (χ2v) is 2.91. The van der Waals surface area contributed by atoms with Crippen LogP contribution >= 0.6 is 0 Å². The van der Waals surface area contributed by atoms with Gasteiger partial charge in [0.05, 0.1) is 0 Å². The van der Waals surface area contributed by atoms with Crippen LogP contribution in [0, 0.1) is 6.07 Å². The van der Waals surface area contributed by atoms with E-state index in [1.54, 1.807) is 12.1 Å². The molecule has 0 N–H and O–H groups in total. The van der Waals surface area contributed by atoms with E-state index in [9.17, 15) is 8.78 Å². The zero-order valence-electron chi connectivity index (χ0n) is 7.30. The number of fused-ring (bicyclic) bond motifs is 1. The fraction of sp³-hybridized carbons (Fsp3) is 0. The van der Waals surface area contributed by atoms with Gasteiger partial charge >= 0.3 is 0 Å². The van der Waals surface area contributed by atoms with Gasteiger partial charge in [-0.25, -0.2) is 0 Å². The highest BCUT2D eigenvalue weighted by Gasteiger charge is 1.99. The van der Waals surface area contributed by atoms with Gasteiger partial charge in [-0.2, -0.15) is 8.78 Å². The average Bonchev–Trinajstić information content (AvgIpc) is 2.18. The van der Waals surface area contributed by atoms with Gasteiger partial charge in [-0.1, -0.05) is 36.4 Å². The molecule has 14 heavy (non-hydrogen) atoms. The molecule has 0 bridgehead atoms. The lowest BCUT2D eigenvalue weighted by Gasteiger charge is -1.99. The van der Waals surface area contributed by atoms with Crippen molar-refractivity contribution >= 4 is 16.8 Å². The van der Waals surface area contributed by atoms with Gasteiger partial charge in [0, 0.05) is 6.08 Å². The van der Waals surface area contributed by atoms with Gasteiger partial charge in [-0.3, -0.25) is 0 Å². The molecule has 2 aromatic rings. The third kappa shape index (κ3) is 1.64. The van der Waals surface area contributed by atoms with E-state index in [1.807, 2.05) is 24.3 Å². The lowest BCUT2D eigenvalue weighted by atomic mass is 10.0. The molecular formula is C12H7F2. The molecule has 0 atom stereocenters. The number of halogens is 2. The minimum absolute atomic E-state index is 0.433. The summed E-state index contributed by atoms with van der Waals surface area (Å²) in [6.07, 6.45) is -0.861. The molecule has 0 aliphatic carbocycles. The zero-order valence-corrected chi connectivity index (χ0v) is 7.30. The molecular weight excluding hydrogens is 182 g/mol. The number of benzene rings is 2. The van der Waals surface area contributed by atoms with Crippen LogP contribution in [0.5, 0.6) is 0 Å². The van der Waals surface area contributed by atoms with Crippen molar-refractivity contribution in [3.63, 3.8) is 0 Å². The Morgan fingerprint density at radius 2 is 1.93 bits per heavy atom. The summed E-state index contributed by atoms with van der Waals surface area (Å²) in [5.74, 6) is 0. The van der Waals surface area contributed by atoms with E-state index in [4.69, 9.17) is 0 Å². The molecule has 0 heterocycles. The third-order valence-corrected chi connectivity index (χ3v) is 2.01. The van der Waals surface area contributed by atoms with Crippen LogP contribution < -0.4 is 0 Å². The molecule has 2 rings (SSSR count). The lowest BCUT2D eigenvalue weighted by molar-refractivity contribution is 0.429. The first-order valence-corrected chi connectivity index (χ1v) is 4.19. The third-order valence-electron chi connectivity index (χ3n) is 2.01. The Balaban J connectivity index is 2.71. The highest BCUT2D eigenvalue weighted by atomic mass is 19.3. The lowest BCUT2D eigenvalue weighted by Crippen LogP contribution is -1.78. The zero-order chi connectivity index (χ0) is 9.97. The van der Waals surface area contributed by atoms with Gasteiger partial charge in [-0.05, 0) is 22.4 Å². The topological polar surface area (TPSA) is 0 Å². The van der Waals surface area contributed by atoms with Gasteiger partial charge in [-0.15, -0.1) is 0 Å². The Morgan fingerprint density at radius 1 is 1.14 bits per heavy atom. The largest absolute Gasteiger partial charge is 0.270 e. The summed E-state index contributed by atoms with van der Waals surface area (Å²) in [7, 11) is 0. The summed E-state index contributed by atoms with van der Waals surface area (Å²) in [6, 6.07) is 13.7. The van der Waals surface area contributed by atoms with Crippen LogP contribution in [0.4, 0.5) is 8.78 Å². The summed E-state index contributed by atoms with van der Waals surface area (Å²) in [5.41, 5.74) is 0.433. The van der Waals surface area contributed by atoms with Crippen LogP contribution in [-0.2, 0) is 0 Å². The molecule has 0 spiro atoms. The first kappa shape index (κ1) is 8.88. The SMILES string of the molecule is FC(F)=Cc1[c]ccc2ccccc12. The van der Waals surface area contributed by atoms with Crippen molar-refractivity contribution in [2.75, 3.05) is 0 Å². The normalized spacial score (nSPS) is 10.1. The van der Waals surface area contributed by atoms with E-state index < -0.39 is 6.08 Å². The van der Waals surface area contributed by atoms with Gasteiger partial charge in [0.1, 0.15) is 0 Å². The molecule has 1 radical (unpaired) electrons. The van der Waals surface area contributed by atoms with Crippen LogP contribution in [0.1, 0.15) is 5.56 Å². The smallest absolute Gasteiger partial charge is 0.173 e. The van der Waals surface area contributed by atoms with Gasteiger partial charge in [0.15, 0.2) is 0 Å². The second-order valence-electron chi connectivity index (χ2n) is 2.91. The highest BCUT2D eigenvalue weighted by Crippen LogP contribution is 2.20. The molecule has 0 aliphatic rings. The van der Waals surface area contributed by atoms with Crippen LogP contribution in [0.3, 0.4) is 0 Å². The molecule has 0 aromatic heterocycles. The van der Waals surface area contributed by atoms with Crippen molar-refractivity contribution in [2.24, 2.45) is 0 Å². The fourth-order valence-corrected chi connectivity index (χ4v) is 1.42. The quantitative estimate of drug-likeness (QED) is 0.638. The number of rotatable bonds is 1. The molecule has 0 aliphatic heterocycles. The molecule has 2 heteroatoms. The predicted molar refractivity (Wildman–Crippen MR) is 53.0 cm³/mol. The molecule has 0 fully saturated rings. The molecule has 69 valence electrons. The maximum Gasteiger partial charge on any atom is 0.270 e. The maximum absolute atomic E-state index is 12.1. The molecule has 0 nitrogen and oxygen atoms in total. The molecule has 0 saturated carbocycles. The predicted octanol–water partition coefficient (Wildman–Crippen LogP) is 3.88. The number of hydrogen-bond acceptors (Lipinski definition) is 0. The van der Waals surface area contributed by atoms with Crippen molar-refractivity contribution in [2.45, 2.75) is 0 Å². The monoisotopic (exact) mass is 189 g/mol. The first-order chi connectivity index (χ1) is 6.77. The summed E-state index contributed by atoms with van der Waals surface area (Å²) in [6.45, 7) is 0. The van der Waals surface area contributed by atoms with Gasteiger partial charge < -0.3 is 0 Å². The Bertz CT molecular complexity index is 477. The van der Waals surface area contributed by atoms with E-state index in [1.165, 1.54) is 0 Å². The van der Waals surface area contributed by atoms with E-state index in [0.29, 0.717) is 5.56 Å². The molecule has 0 amide bonds. The maximum atomic E-state index is 12.1. The average molecular weight is 189 g/mol. The fourth-order valence-electron chi connectivity index (χ4n) is 1.42. The highest BCUT2D eigenvalue weighted by molar-refractivity contribution is 5.90. The molecule has 0 unspecified atom stereocenters. The summed E-state index contributed by atoms with van der Waals surface area (Å²) in [5, 5.41) is 1.74. The molecule has 0 saturated heterocycles. The van der Waals surface area contributed by atoms with Crippen LogP contribution in [0.25, 0.3) is 16.8 Å². The van der Waals surface area contributed by atoms with Gasteiger partial charge in [0.2, 0.25) is 0 Å². The van der Waals surface area contributed by atoms with Gasteiger partial charge in [0.25, 0.3) is 6.08 Å². The van der Waals surface area contributed by atoms with Crippen molar-refractivity contribution in [1.82, 2.24) is 0 Å². The van der Waals surface area contributed by atoms with E-state index in [2.05, 4.69) is 6.07 Å². The van der Waals surface area contributed by atoms with Crippen molar-refractivity contribution in [3.05, 3.63) is 54.1 Å². The van der Waals surface area contributed by atoms with E-state index in [-0.39, 0.29) is 0 Å². The first-order valence-electron chi connectivity index (χ1n) is 4.19. The van der Waals surface area contributed by atoms with Crippen LogP contribution in [0.15, 0.2) is 42.5 Å². The molecule has 2 aromatic carbocycles. The van der Waals surface area contributed by atoms with Crippen molar-refractivity contribution < 1.29 is 8.78 Å². The Morgan fingerprint density at radius 3 is 2.71 bits per heavy atom. The Labute approximate surface area is 80.5 Å². The van der Waals surface area contributed by atoms with Crippen LogP contribution in [0.2, 0.25) is 0 Å². The summed E-state index contributed by atoms with van der Waals surface area (Å²) >= 11 is 0.